The molecule has 1 fully saturated rings. The predicted octanol–water partition coefficient (Wildman–Crippen LogP) is 2.09. The van der Waals surface area contributed by atoms with Crippen LogP contribution >= 0.6 is 12.4 Å². The Morgan fingerprint density at radius 2 is 2.19 bits per heavy atom. The number of carbonyl (C=O) groups is 1. The van der Waals surface area contributed by atoms with Crippen LogP contribution < -0.4 is 11.1 Å². The standard InChI is InChI=1S/C12H24N2O.ClH/c1-3-5-9(2)12(15)14-11-7-4-6-10(11)8-13;/h9-11H,3-8,13H2,1-2H3,(H,14,15);1H. The number of nitrogens with two attached hydrogens (primary N) is 1. The molecule has 0 spiro atoms. The molecule has 0 aromatic rings. The van der Waals surface area contributed by atoms with E-state index >= 15 is 0 Å². The monoisotopic (exact) mass is 248 g/mol. The first-order valence-corrected chi connectivity index (χ1v) is 6.19. The summed E-state index contributed by atoms with van der Waals surface area (Å²) in [5.74, 6) is 0.860. The first-order chi connectivity index (χ1) is 7.19. The lowest BCUT2D eigenvalue weighted by Crippen LogP contribution is -2.42. The number of hydrogen-bond acceptors (Lipinski definition) is 2. The summed E-state index contributed by atoms with van der Waals surface area (Å²) in [6.45, 7) is 4.82. The Morgan fingerprint density at radius 1 is 1.50 bits per heavy atom. The zero-order valence-corrected chi connectivity index (χ0v) is 11.2. The molecular weight excluding hydrogens is 224 g/mol. The van der Waals surface area contributed by atoms with Gasteiger partial charge in [0.2, 0.25) is 5.91 Å². The number of rotatable bonds is 5. The van der Waals surface area contributed by atoms with E-state index < -0.39 is 0 Å². The molecule has 0 heterocycles. The van der Waals surface area contributed by atoms with Gasteiger partial charge in [0.1, 0.15) is 0 Å². The maximum atomic E-state index is 11.8. The second kappa shape index (κ2) is 7.91. The summed E-state index contributed by atoms with van der Waals surface area (Å²) in [4.78, 5) is 11.8. The van der Waals surface area contributed by atoms with Gasteiger partial charge in [0.05, 0.1) is 0 Å². The molecule has 1 rings (SSSR count). The van der Waals surface area contributed by atoms with Crippen molar-refractivity contribution in [3.05, 3.63) is 0 Å². The lowest BCUT2D eigenvalue weighted by molar-refractivity contribution is -0.125. The number of nitrogens with one attached hydrogen (secondary N) is 1. The summed E-state index contributed by atoms with van der Waals surface area (Å²) in [6, 6.07) is 0.335. The van der Waals surface area contributed by atoms with Crippen molar-refractivity contribution < 1.29 is 4.79 Å². The lowest BCUT2D eigenvalue weighted by atomic mass is 10.0. The molecule has 1 amide bonds. The van der Waals surface area contributed by atoms with Gasteiger partial charge in [-0.3, -0.25) is 4.79 Å². The Kier molecular flexibility index (Phi) is 7.77. The Hall–Kier alpha value is -0.280. The summed E-state index contributed by atoms with van der Waals surface area (Å²) in [6.07, 6.45) is 5.52. The van der Waals surface area contributed by atoms with E-state index in [1.807, 2.05) is 6.92 Å². The van der Waals surface area contributed by atoms with E-state index in [-0.39, 0.29) is 24.2 Å². The summed E-state index contributed by atoms with van der Waals surface area (Å²) in [5, 5.41) is 3.15. The minimum atomic E-state index is 0. The van der Waals surface area contributed by atoms with Gasteiger partial charge in [-0.1, -0.05) is 26.7 Å². The van der Waals surface area contributed by atoms with Gasteiger partial charge in [0, 0.05) is 12.0 Å². The molecule has 0 bridgehead atoms. The van der Waals surface area contributed by atoms with Gasteiger partial charge in [0.25, 0.3) is 0 Å². The quantitative estimate of drug-likeness (QED) is 0.783. The molecule has 4 heteroatoms. The third-order valence-corrected chi connectivity index (χ3v) is 3.46. The minimum absolute atomic E-state index is 0. The van der Waals surface area contributed by atoms with Crippen molar-refractivity contribution in [2.75, 3.05) is 6.54 Å². The van der Waals surface area contributed by atoms with Gasteiger partial charge in [-0.05, 0) is 31.7 Å². The summed E-state index contributed by atoms with van der Waals surface area (Å²) in [5.41, 5.74) is 5.68. The van der Waals surface area contributed by atoms with Crippen LogP contribution in [0.25, 0.3) is 0 Å². The molecule has 3 atom stereocenters. The van der Waals surface area contributed by atoms with Crippen LogP contribution in [0.15, 0.2) is 0 Å². The summed E-state index contributed by atoms with van der Waals surface area (Å²) in [7, 11) is 0. The first kappa shape index (κ1) is 15.7. The topological polar surface area (TPSA) is 55.1 Å². The van der Waals surface area contributed by atoms with Crippen LogP contribution in [0.2, 0.25) is 0 Å². The van der Waals surface area contributed by atoms with Crippen LogP contribution in [0.5, 0.6) is 0 Å². The lowest BCUT2D eigenvalue weighted by Gasteiger charge is -2.21. The van der Waals surface area contributed by atoms with Crippen molar-refractivity contribution >= 4 is 18.3 Å². The molecular formula is C12H25ClN2O. The highest BCUT2D eigenvalue weighted by Crippen LogP contribution is 2.25. The van der Waals surface area contributed by atoms with Crippen molar-refractivity contribution in [3.63, 3.8) is 0 Å². The van der Waals surface area contributed by atoms with Gasteiger partial charge in [0.15, 0.2) is 0 Å². The molecule has 0 aliphatic heterocycles. The minimum Gasteiger partial charge on any atom is -0.353 e. The largest absolute Gasteiger partial charge is 0.353 e. The predicted molar refractivity (Wildman–Crippen MR) is 69.6 cm³/mol. The highest BCUT2D eigenvalue weighted by atomic mass is 35.5. The highest BCUT2D eigenvalue weighted by Gasteiger charge is 2.28. The van der Waals surface area contributed by atoms with Gasteiger partial charge in [-0.15, -0.1) is 12.4 Å². The zero-order chi connectivity index (χ0) is 11.3. The second-order valence-corrected chi connectivity index (χ2v) is 4.73. The van der Waals surface area contributed by atoms with Crippen LogP contribution in [0.4, 0.5) is 0 Å². The molecule has 16 heavy (non-hydrogen) atoms. The normalized spacial score (nSPS) is 25.9. The van der Waals surface area contributed by atoms with Crippen LogP contribution in [0.3, 0.4) is 0 Å². The Labute approximate surface area is 105 Å². The average Bonchev–Trinajstić information content (AvgIpc) is 2.65. The Bertz CT molecular complexity index is 211. The van der Waals surface area contributed by atoms with Crippen molar-refractivity contribution in [2.24, 2.45) is 17.6 Å². The molecule has 0 radical (unpaired) electrons. The van der Waals surface area contributed by atoms with Crippen molar-refractivity contribution in [3.8, 4) is 0 Å². The molecule has 0 aromatic heterocycles. The number of hydrogen-bond donors (Lipinski definition) is 2. The van der Waals surface area contributed by atoms with E-state index in [1.165, 1.54) is 12.8 Å². The number of amides is 1. The van der Waals surface area contributed by atoms with E-state index in [0.29, 0.717) is 18.5 Å². The van der Waals surface area contributed by atoms with Crippen molar-refractivity contribution in [1.82, 2.24) is 5.32 Å². The zero-order valence-electron chi connectivity index (χ0n) is 10.4. The Balaban J connectivity index is 0.00000225. The molecule has 0 aromatic carbocycles. The van der Waals surface area contributed by atoms with Crippen LogP contribution in [0, 0.1) is 11.8 Å². The molecule has 1 saturated carbocycles. The van der Waals surface area contributed by atoms with E-state index in [4.69, 9.17) is 5.73 Å². The maximum Gasteiger partial charge on any atom is 0.223 e. The second-order valence-electron chi connectivity index (χ2n) is 4.73. The van der Waals surface area contributed by atoms with Crippen molar-refractivity contribution in [2.45, 2.75) is 52.0 Å². The van der Waals surface area contributed by atoms with E-state index in [0.717, 1.165) is 19.3 Å². The van der Waals surface area contributed by atoms with E-state index in [9.17, 15) is 4.79 Å². The van der Waals surface area contributed by atoms with E-state index in [2.05, 4.69) is 12.2 Å². The fourth-order valence-corrected chi connectivity index (χ4v) is 2.40. The highest BCUT2D eigenvalue weighted by molar-refractivity contribution is 5.85. The molecule has 3 nitrogen and oxygen atoms in total. The van der Waals surface area contributed by atoms with Crippen LogP contribution in [0.1, 0.15) is 46.0 Å². The molecule has 0 saturated heterocycles. The smallest absolute Gasteiger partial charge is 0.223 e. The molecule has 96 valence electrons. The average molecular weight is 249 g/mol. The summed E-state index contributed by atoms with van der Waals surface area (Å²) < 4.78 is 0. The molecule has 1 aliphatic carbocycles. The fourth-order valence-electron chi connectivity index (χ4n) is 2.40. The molecule has 3 unspecified atom stereocenters. The van der Waals surface area contributed by atoms with Crippen molar-refractivity contribution in [1.29, 1.82) is 0 Å². The van der Waals surface area contributed by atoms with Crippen LogP contribution in [-0.2, 0) is 4.79 Å². The fraction of sp³-hybridized carbons (Fsp3) is 0.917. The molecule has 3 N–H and O–H groups in total. The van der Waals surface area contributed by atoms with Gasteiger partial charge in [-0.25, -0.2) is 0 Å². The van der Waals surface area contributed by atoms with E-state index in [1.54, 1.807) is 0 Å². The van der Waals surface area contributed by atoms with Crippen LogP contribution in [-0.4, -0.2) is 18.5 Å². The maximum absolute atomic E-state index is 11.8. The molecule has 1 aliphatic rings. The van der Waals surface area contributed by atoms with Gasteiger partial charge >= 0.3 is 0 Å². The third kappa shape index (κ3) is 4.30. The Morgan fingerprint density at radius 3 is 2.75 bits per heavy atom. The van der Waals surface area contributed by atoms with Gasteiger partial charge < -0.3 is 11.1 Å². The number of halogens is 1. The van der Waals surface area contributed by atoms with Gasteiger partial charge in [-0.2, -0.15) is 0 Å². The number of carbonyl (C=O) groups excluding carboxylic acids is 1. The third-order valence-electron chi connectivity index (χ3n) is 3.46. The SMILES string of the molecule is CCCC(C)C(=O)NC1CCCC1CN.Cl. The summed E-state index contributed by atoms with van der Waals surface area (Å²) >= 11 is 0. The first-order valence-electron chi connectivity index (χ1n) is 6.19.